The normalized spacial score (nSPS) is 13.1. The third-order valence-electron chi connectivity index (χ3n) is 4.26. The Hall–Kier alpha value is -2.56. The van der Waals surface area contributed by atoms with Crippen molar-refractivity contribution in [3.05, 3.63) is 58.1 Å². The van der Waals surface area contributed by atoms with E-state index in [4.69, 9.17) is 9.63 Å². The van der Waals surface area contributed by atoms with Crippen LogP contribution in [-0.2, 0) is 0 Å². The summed E-state index contributed by atoms with van der Waals surface area (Å²) in [4.78, 5) is 29.6. The molecule has 6 nitrogen and oxygen atoms in total. The van der Waals surface area contributed by atoms with Gasteiger partial charge in [0.05, 0.1) is 20.3 Å². The number of nitrogens with zero attached hydrogens (tertiary/aromatic N) is 2. The Kier molecular flexibility index (Phi) is 7.44. The number of rotatable bonds is 4. The van der Waals surface area contributed by atoms with Crippen LogP contribution in [-0.4, -0.2) is 47.6 Å². The van der Waals surface area contributed by atoms with Crippen LogP contribution in [0.1, 0.15) is 39.5 Å². The first-order valence-electron chi connectivity index (χ1n) is 8.86. The smallest absolute Gasteiger partial charge is 0.194 e. The Balaban J connectivity index is 0.000000878. The van der Waals surface area contributed by atoms with Crippen LogP contribution in [0, 0.1) is 13.8 Å². The molecule has 7 heteroatoms. The second kappa shape index (κ2) is 9.58. The molecule has 1 atom stereocenters. The number of aryl methyl sites for hydroxylation is 1. The van der Waals surface area contributed by atoms with Gasteiger partial charge in [0.25, 0.3) is 0 Å². The van der Waals surface area contributed by atoms with Gasteiger partial charge in [-0.1, -0.05) is 29.8 Å². The third kappa shape index (κ3) is 4.64. The molecule has 0 saturated heterocycles. The SMILES string of the molecule is COc1cc(C2=NCC(C)=N2)c(C(=O)c2ccc(C)cc2)c(C)c1O.C[PH2+]O. The van der Waals surface area contributed by atoms with Gasteiger partial charge in [0, 0.05) is 28.0 Å². The Morgan fingerprint density at radius 2 is 1.79 bits per heavy atom. The summed E-state index contributed by atoms with van der Waals surface area (Å²) in [6.45, 7) is 7.84. The number of hydrogen-bond acceptors (Lipinski definition) is 6. The lowest BCUT2D eigenvalue weighted by molar-refractivity contribution is 0.103. The zero-order valence-corrected chi connectivity index (χ0v) is 17.9. The molecule has 148 valence electrons. The van der Waals surface area contributed by atoms with E-state index in [1.165, 1.54) is 7.11 Å². The summed E-state index contributed by atoms with van der Waals surface area (Å²) in [5.74, 6) is 0.582. The number of methoxy groups -OCH3 is 1. The molecule has 1 heterocycles. The highest BCUT2D eigenvalue weighted by Crippen LogP contribution is 2.36. The monoisotopic (exact) mass is 401 g/mol. The number of phenolic OH excluding ortho intramolecular Hbond substituents is 1. The number of ketones is 1. The number of amidine groups is 1. The van der Waals surface area contributed by atoms with Gasteiger partial charge in [-0.15, -0.1) is 0 Å². The van der Waals surface area contributed by atoms with Crippen molar-refractivity contribution in [2.75, 3.05) is 20.3 Å². The Labute approximate surface area is 166 Å². The van der Waals surface area contributed by atoms with Crippen molar-refractivity contribution < 1.29 is 19.5 Å². The number of carbonyl (C=O) groups is 1. The van der Waals surface area contributed by atoms with Crippen LogP contribution < -0.4 is 4.74 Å². The summed E-state index contributed by atoms with van der Waals surface area (Å²) in [5.41, 5.74) is 3.95. The van der Waals surface area contributed by atoms with Crippen molar-refractivity contribution in [3.63, 3.8) is 0 Å². The molecule has 0 aliphatic carbocycles. The largest absolute Gasteiger partial charge is 0.504 e. The number of carbonyl (C=O) groups excluding carboxylic acids is 1. The van der Waals surface area contributed by atoms with Crippen molar-refractivity contribution in [2.24, 2.45) is 9.98 Å². The number of benzene rings is 2. The summed E-state index contributed by atoms with van der Waals surface area (Å²) in [6, 6.07) is 8.98. The average Bonchev–Trinajstić information content (AvgIpc) is 3.10. The Morgan fingerprint density at radius 1 is 1.18 bits per heavy atom. The second-order valence-corrected chi connectivity index (χ2v) is 6.93. The molecule has 1 aliphatic heterocycles. The molecular formula is C21H26N2O4P+. The first-order valence-corrected chi connectivity index (χ1v) is 10.5. The molecule has 1 aliphatic rings. The van der Waals surface area contributed by atoms with Gasteiger partial charge in [0.15, 0.2) is 23.1 Å². The van der Waals surface area contributed by atoms with Crippen molar-refractivity contribution in [1.82, 2.24) is 0 Å². The van der Waals surface area contributed by atoms with Crippen LogP contribution in [0.3, 0.4) is 0 Å². The van der Waals surface area contributed by atoms with Crippen molar-refractivity contribution >= 4 is 26.1 Å². The maximum Gasteiger partial charge on any atom is 0.194 e. The van der Waals surface area contributed by atoms with E-state index >= 15 is 0 Å². The van der Waals surface area contributed by atoms with Gasteiger partial charge in [-0.25, -0.2) is 4.99 Å². The highest BCUT2D eigenvalue weighted by atomic mass is 31.1. The van der Waals surface area contributed by atoms with Crippen LogP contribution in [0.15, 0.2) is 40.3 Å². The van der Waals surface area contributed by atoms with E-state index in [1.54, 1.807) is 31.8 Å². The van der Waals surface area contributed by atoms with Crippen molar-refractivity contribution in [2.45, 2.75) is 20.8 Å². The minimum absolute atomic E-state index is 0.0407. The lowest BCUT2D eigenvalue weighted by Crippen LogP contribution is -2.12. The first-order chi connectivity index (χ1) is 13.3. The maximum atomic E-state index is 13.1. The molecule has 3 rings (SSSR count). The van der Waals surface area contributed by atoms with Gasteiger partial charge < -0.3 is 9.84 Å². The summed E-state index contributed by atoms with van der Waals surface area (Å²) in [5, 5.41) is 10.4. The molecule has 0 fully saturated rings. The van der Waals surface area contributed by atoms with Crippen LogP contribution in [0.5, 0.6) is 11.5 Å². The minimum atomic E-state index is -0.250. The first kappa shape index (κ1) is 21.7. The molecule has 0 saturated carbocycles. The van der Waals surface area contributed by atoms with Crippen LogP contribution in [0.2, 0.25) is 0 Å². The molecule has 0 spiro atoms. The number of ether oxygens (including phenoxy) is 1. The van der Waals surface area contributed by atoms with Gasteiger partial charge in [-0.2, -0.15) is 0 Å². The quantitative estimate of drug-likeness (QED) is 0.607. The standard InChI is InChI=1S/C20H20N2O3.CH5OP/c1-11-5-7-14(8-6-11)19(24)17-13(3)18(23)16(25-4)9-15(17)20-21-10-12(2)22-20;1-3-2/h5-9,23H,10H2,1-4H3;2-3H,1H3/p+1. The van der Waals surface area contributed by atoms with Crippen molar-refractivity contribution in [1.29, 1.82) is 0 Å². The minimum Gasteiger partial charge on any atom is -0.504 e. The van der Waals surface area contributed by atoms with E-state index in [-0.39, 0.29) is 20.3 Å². The number of aromatic hydroxyl groups is 1. The van der Waals surface area contributed by atoms with Gasteiger partial charge in [0.1, 0.15) is 8.81 Å². The molecule has 2 aromatic rings. The predicted octanol–water partition coefficient (Wildman–Crippen LogP) is 3.40. The summed E-state index contributed by atoms with van der Waals surface area (Å²) >= 11 is 0. The molecule has 28 heavy (non-hydrogen) atoms. The molecule has 1 unspecified atom stereocenters. The maximum absolute atomic E-state index is 13.1. The summed E-state index contributed by atoms with van der Waals surface area (Å²) in [6.07, 6.45) is 0. The average molecular weight is 401 g/mol. The lowest BCUT2D eigenvalue weighted by Gasteiger charge is -2.15. The van der Waals surface area contributed by atoms with E-state index in [9.17, 15) is 9.90 Å². The second-order valence-electron chi connectivity index (χ2n) is 6.42. The molecule has 0 radical (unpaired) electrons. The van der Waals surface area contributed by atoms with Gasteiger partial charge in [-0.3, -0.25) is 14.7 Å². The lowest BCUT2D eigenvalue weighted by atomic mass is 9.92. The van der Waals surface area contributed by atoms with E-state index in [1.807, 2.05) is 26.0 Å². The van der Waals surface area contributed by atoms with E-state index in [2.05, 4.69) is 9.98 Å². The highest BCUT2D eigenvalue weighted by Gasteiger charge is 2.25. The van der Waals surface area contributed by atoms with Gasteiger partial charge >= 0.3 is 0 Å². The van der Waals surface area contributed by atoms with E-state index in [0.29, 0.717) is 40.4 Å². The van der Waals surface area contributed by atoms with Crippen molar-refractivity contribution in [3.8, 4) is 11.5 Å². The molecule has 2 aromatic carbocycles. The van der Waals surface area contributed by atoms with E-state index < -0.39 is 0 Å². The number of hydrogen-bond donors (Lipinski definition) is 2. The number of aliphatic imine (C=N–C) groups is 2. The highest BCUT2D eigenvalue weighted by molar-refractivity contribution is 7.29. The fraction of sp³-hybridized carbons (Fsp3) is 0.286. The Bertz CT molecular complexity index is 934. The molecule has 0 bridgehead atoms. The van der Waals surface area contributed by atoms with Gasteiger partial charge in [-0.05, 0) is 26.8 Å². The fourth-order valence-electron chi connectivity index (χ4n) is 2.84. The van der Waals surface area contributed by atoms with Crippen LogP contribution >= 0.6 is 8.81 Å². The van der Waals surface area contributed by atoms with E-state index in [0.717, 1.165) is 11.3 Å². The van der Waals surface area contributed by atoms with Gasteiger partial charge in [0.2, 0.25) is 0 Å². The molecular weight excluding hydrogens is 375 g/mol. The third-order valence-corrected chi connectivity index (χ3v) is 4.26. The zero-order valence-electron chi connectivity index (χ0n) is 16.8. The summed E-state index contributed by atoms with van der Waals surface area (Å²) in [7, 11) is 1.23. The Morgan fingerprint density at radius 3 is 2.29 bits per heavy atom. The topological polar surface area (TPSA) is 91.5 Å². The predicted molar refractivity (Wildman–Crippen MR) is 116 cm³/mol. The molecule has 2 N–H and O–H groups in total. The van der Waals surface area contributed by atoms with Crippen LogP contribution in [0.25, 0.3) is 0 Å². The molecule has 0 amide bonds. The van der Waals surface area contributed by atoms with Crippen LogP contribution in [0.4, 0.5) is 0 Å². The molecule has 0 aromatic heterocycles. The fourth-order valence-corrected chi connectivity index (χ4v) is 2.84. The summed E-state index contributed by atoms with van der Waals surface area (Å²) < 4.78 is 5.24. The zero-order chi connectivity index (χ0) is 20.8. The number of phenols is 1.